The van der Waals surface area contributed by atoms with E-state index in [0.29, 0.717) is 12.0 Å². The lowest BCUT2D eigenvalue weighted by Gasteiger charge is -2.31. The zero-order chi connectivity index (χ0) is 17.7. The maximum absolute atomic E-state index is 12.1. The number of fused-ring (bicyclic) bond motifs is 2. The standard InChI is InChI=1S/C13H19N2O7PS/c1-4-13-6-20-8(9(13)22-23(18,24)19-3)11(21-13)15-5-7(2)10(16)14-12(15)17/h5,8-9,11H,4,6H2,1-3H3,(H,18,24)(H,14,16,17)/t8?,9?,11-,13?,23?/m1/s1. The number of nitrogens with one attached hydrogen (secondary N) is 1. The normalized spacial score (nSPS) is 34.4. The van der Waals surface area contributed by atoms with E-state index >= 15 is 0 Å². The second kappa shape index (κ2) is 6.14. The van der Waals surface area contributed by atoms with Gasteiger partial charge in [0.25, 0.3) is 5.56 Å². The van der Waals surface area contributed by atoms with Gasteiger partial charge in [-0.1, -0.05) is 6.92 Å². The topological polar surface area (TPSA) is 112 Å². The molecule has 134 valence electrons. The van der Waals surface area contributed by atoms with E-state index in [1.807, 2.05) is 6.92 Å². The molecule has 3 heterocycles. The molecular formula is C13H19N2O7PS. The molecule has 24 heavy (non-hydrogen) atoms. The zero-order valence-corrected chi connectivity index (χ0v) is 15.1. The van der Waals surface area contributed by atoms with Crippen LogP contribution in [0.5, 0.6) is 0 Å². The first-order chi connectivity index (χ1) is 11.2. The van der Waals surface area contributed by atoms with Gasteiger partial charge in [-0.05, 0) is 25.2 Å². The van der Waals surface area contributed by atoms with Crippen molar-refractivity contribution in [2.45, 2.75) is 44.3 Å². The second-order valence-electron chi connectivity index (χ2n) is 5.86. The molecule has 0 saturated carbocycles. The molecule has 0 aromatic carbocycles. The summed E-state index contributed by atoms with van der Waals surface area (Å²) in [6, 6.07) is 0. The average Bonchev–Trinajstić information content (AvgIpc) is 3.03. The highest BCUT2D eigenvalue weighted by Crippen LogP contribution is 2.55. The van der Waals surface area contributed by atoms with E-state index in [1.54, 1.807) is 6.92 Å². The fourth-order valence-corrected chi connectivity index (χ4v) is 4.03. The Morgan fingerprint density at radius 3 is 2.92 bits per heavy atom. The summed E-state index contributed by atoms with van der Waals surface area (Å²) in [6.07, 6.45) is -0.179. The largest absolute Gasteiger partial charge is 0.368 e. The molecule has 4 unspecified atom stereocenters. The van der Waals surface area contributed by atoms with Gasteiger partial charge in [-0.15, -0.1) is 0 Å². The molecule has 0 aliphatic carbocycles. The number of aromatic amines is 1. The summed E-state index contributed by atoms with van der Waals surface area (Å²) >= 11 is 4.93. The molecule has 2 fully saturated rings. The monoisotopic (exact) mass is 378 g/mol. The van der Waals surface area contributed by atoms with Crippen molar-refractivity contribution in [1.82, 2.24) is 9.55 Å². The highest BCUT2D eigenvalue weighted by molar-refractivity contribution is 8.07. The molecule has 11 heteroatoms. The third-order valence-corrected chi connectivity index (χ3v) is 6.13. The van der Waals surface area contributed by atoms with Crippen LogP contribution in [0.1, 0.15) is 25.1 Å². The van der Waals surface area contributed by atoms with E-state index < -0.39 is 42.0 Å². The molecule has 3 rings (SSSR count). The summed E-state index contributed by atoms with van der Waals surface area (Å²) < 4.78 is 23.5. The van der Waals surface area contributed by atoms with Crippen molar-refractivity contribution in [3.63, 3.8) is 0 Å². The number of H-pyrrole nitrogens is 1. The minimum Gasteiger partial charge on any atom is -0.368 e. The Bertz CT molecular complexity index is 808. The highest BCUT2D eigenvalue weighted by atomic mass is 32.5. The molecule has 9 nitrogen and oxygen atoms in total. The Morgan fingerprint density at radius 1 is 1.58 bits per heavy atom. The number of aryl methyl sites for hydroxylation is 1. The van der Waals surface area contributed by atoms with Gasteiger partial charge < -0.3 is 18.9 Å². The molecule has 1 aromatic rings. The Balaban J connectivity index is 2.00. The maximum Gasteiger partial charge on any atom is 0.330 e. The van der Waals surface area contributed by atoms with Gasteiger partial charge in [-0.2, -0.15) is 0 Å². The Hall–Kier alpha value is -0.870. The van der Waals surface area contributed by atoms with E-state index in [9.17, 15) is 14.5 Å². The van der Waals surface area contributed by atoms with E-state index in [-0.39, 0.29) is 6.61 Å². The Morgan fingerprint density at radius 2 is 2.29 bits per heavy atom. The molecule has 2 saturated heterocycles. The minimum atomic E-state index is -3.43. The predicted molar refractivity (Wildman–Crippen MR) is 87.3 cm³/mol. The van der Waals surface area contributed by atoms with Crippen LogP contribution in [0.25, 0.3) is 0 Å². The molecule has 2 bridgehead atoms. The van der Waals surface area contributed by atoms with Crippen molar-refractivity contribution in [1.29, 1.82) is 0 Å². The lowest BCUT2D eigenvalue weighted by molar-refractivity contribution is -0.175. The fraction of sp³-hybridized carbons (Fsp3) is 0.692. The van der Waals surface area contributed by atoms with Gasteiger partial charge in [-0.3, -0.25) is 18.9 Å². The summed E-state index contributed by atoms with van der Waals surface area (Å²) in [6.45, 7) is 0.299. The van der Waals surface area contributed by atoms with Crippen molar-refractivity contribution in [3.05, 3.63) is 32.6 Å². The average molecular weight is 378 g/mol. The van der Waals surface area contributed by atoms with Gasteiger partial charge in [-0.25, -0.2) is 4.79 Å². The Kier molecular flexibility index (Phi) is 4.59. The maximum atomic E-state index is 12.1. The number of nitrogens with zero attached hydrogens (tertiary/aromatic N) is 1. The van der Waals surface area contributed by atoms with E-state index in [1.165, 1.54) is 17.9 Å². The number of hydrogen-bond acceptors (Lipinski definition) is 7. The Labute approximate surface area is 142 Å². The van der Waals surface area contributed by atoms with E-state index in [0.717, 1.165) is 0 Å². The predicted octanol–water partition coefficient (Wildman–Crippen LogP) is 0.170. The summed E-state index contributed by atoms with van der Waals surface area (Å²) in [7, 11) is 1.27. The summed E-state index contributed by atoms with van der Waals surface area (Å²) in [5, 5.41) is 0. The summed E-state index contributed by atoms with van der Waals surface area (Å²) in [5.41, 5.74) is -1.53. The van der Waals surface area contributed by atoms with Crippen molar-refractivity contribution < 1.29 is 23.4 Å². The van der Waals surface area contributed by atoms with Crippen LogP contribution in [0, 0.1) is 6.92 Å². The van der Waals surface area contributed by atoms with E-state index in [4.69, 9.17) is 30.3 Å². The second-order valence-corrected chi connectivity index (χ2v) is 8.76. The molecule has 0 amide bonds. The third kappa shape index (κ3) is 2.82. The minimum absolute atomic E-state index is 0.255. The van der Waals surface area contributed by atoms with Gasteiger partial charge in [0.1, 0.15) is 17.8 Å². The molecule has 0 radical (unpaired) electrons. The number of aromatic nitrogens is 2. The van der Waals surface area contributed by atoms with Crippen molar-refractivity contribution >= 4 is 18.5 Å². The summed E-state index contributed by atoms with van der Waals surface area (Å²) in [5.74, 6) is 0. The molecule has 1 aromatic heterocycles. The molecule has 5 atom stereocenters. The quantitative estimate of drug-likeness (QED) is 0.698. The van der Waals surface area contributed by atoms with Crippen molar-refractivity contribution in [2.24, 2.45) is 0 Å². The third-order valence-electron chi connectivity index (χ3n) is 4.47. The number of hydrogen-bond donors (Lipinski definition) is 2. The lowest BCUT2D eigenvalue weighted by atomic mass is 9.96. The molecule has 0 spiro atoms. The van der Waals surface area contributed by atoms with Crippen molar-refractivity contribution in [3.8, 4) is 0 Å². The van der Waals surface area contributed by atoms with E-state index in [2.05, 4.69) is 4.98 Å². The van der Waals surface area contributed by atoms with Crippen LogP contribution in [0.15, 0.2) is 15.8 Å². The van der Waals surface area contributed by atoms with Crippen LogP contribution in [0.4, 0.5) is 0 Å². The van der Waals surface area contributed by atoms with Crippen molar-refractivity contribution in [2.75, 3.05) is 13.7 Å². The van der Waals surface area contributed by atoms with Crippen LogP contribution >= 0.6 is 6.72 Å². The van der Waals surface area contributed by atoms with Gasteiger partial charge in [0.2, 0.25) is 0 Å². The molecule has 2 aliphatic heterocycles. The van der Waals surface area contributed by atoms with Crippen LogP contribution in [0.2, 0.25) is 0 Å². The molecule has 2 N–H and O–H groups in total. The SMILES string of the molecule is CCC12COC(C1OP(O)(=S)OC)[C@H](n1cc(C)c(=O)[nH]c1=O)O2. The molecular weight excluding hydrogens is 359 g/mol. The van der Waals surface area contributed by atoms with Gasteiger partial charge >= 0.3 is 12.4 Å². The van der Waals surface area contributed by atoms with Crippen LogP contribution in [-0.4, -0.2) is 46.0 Å². The zero-order valence-electron chi connectivity index (χ0n) is 13.4. The fourth-order valence-electron chi connectivity index (χ4n) is 3.07. The van der Waals surface area contributed by atoms with Gasteiger partial charge in [0.15, 0.2) is 6.23 Å². The van der Waals surface area contributed by atoms with Gasteiger partial charge in [0, 0.05) is 18.9 Å². The first-order valence-electron chi connectivity index (χ1n) is 7.41. The first-order valence-corrected chi connectivity index (χ1v) is 10.0. The highest BCUT2D eigenvalue weighted by Gasteiger charge is 2.63. The van der Waals surface area contributed by atoms with Crippen LogP contribution in [-0.2, 0) is 30.3 Å². The first kappa shape index (κ1) is 17.9. The van der Waals surface area contributed by atoms with Crippen LogP contribution in [0.3, 0.4) is 0 Å². The lowest BCUT2D eigenvalue weighted by Crippen LogP contribution is -2.42. The molecule has 2 aliphatic rings. The number of ether oxygens (including phenoxy) is 2. The number of rotatable bonds is 5. The van der Waals surface area contributed by atoms with Gasteiger partial charge in [0.05, 0.1) is 6.61 Å². The van der Waals surface area contributed by atoms with Crippen LogP contribution < -0.4 is 11.2 Å². The smallest absolute Gasteiger partial charge is 0.330 e. The summed E-state index contributed by atoms with van der Waals surface area (Å²) in [4.78, 5) is 35.9.